The fourth-order valence-corrected chi connectivity index (χ4v) is 4.93. The Balaban J connectivity index is 1.78. The zero-order chi connectivity index (χ0) is 19.8. The van der Waals surface area contributed by atoms with Crippen LogP contribution < -0.4 is 0 Å². The second-order valence-corrected chi connectivity index (χ2v) is 8.24. The molecule has 0 saturated carbocycles. The van der Waals surface area contributed by atoms with Gasteiger partial charge in [-0.2, -0.15) is 4.31 Å². The quantitative estimate of drug-likeness (QED) is 0.789. The molecule has 1 aliphatic rings. The molecule has 0 spiro atoms. The summed E-state index contributed by atoms with van der Waals surface area (Å²) < 4.78 is 58.8. The Bertz CT molecular complexity index is 935. The summed E-state index contributed by atoms with van der Waals surface area (Å²) in [6.07, 6.45) is 0.395. The molecule has 0 atom stereocenters. The summed E-state index contributed by atoms with van der Waals surface area (Å²) in [7, 11) is -3.81. The average molecular weight is 399 g/mol. The largest absolute Gasteiger partial charge is 0.360 e. The molecule has 0 radical (unpaired) electrons. The average Bonchev–Trinajstić information content (AvgIpc) is 2.80. The van der Waals surface area contributed by atoms with Crippen molar-refractivity contribution < 1.29 is 26.5 Å². The number of hydrogen-bond acceptors (Lipinski definition) is 5. The second-order valence-electron chi connectivity index (χ2n) is 6.36. The van der Waals surface area contributed by atoms with Crippen LogP contribution in [0.2, 0.25) is 0 Å². The van der Waals surface area contributed by atoms with E-state index in [1.807, 2.05) is 0 Å². The number of carbonyl (C=O) groups excluding carboxylic acids is 1. The smallest absolute Gasteiger partial charge is 0.254 e. The van der Waals surface area contributed by atoms with Crippen molar-refractivity contribution in [3.05, 3.63) is 46.9 Å². The zero-order valence-corrected chi connectivity index (χ0v) is 15.7. The number of aryl methyl sites for hydroxylation is 2. The van der Waals surface area contributed by atoms with Crippen molar-refractivity contribution in [2.45, 2.75) is 25.2 Å². The minimum atomic E-state index is -3.81. The zero-order valence-electron chi connectivity index (χ0n) is 14.9. The predicted molar refractivity (Wildman–Crippen MR) is 91.6 cm³/mol. The first-order valence-corrected chi connectivity index (χ1v) is 9.82. The van der Waals surface area contributed by atoms with Crippen LogP contribution in [0, 0.1) is 25.5 Å². The molecule has 0 N–H and O–H groups in total. The van der Waals surface area contributed by atoms with Gasteiger partial charge in [-0.15, -0.1) is 0 Å². The van der Waals surface area contributed by atoms with Gasteiger partial charge in [0.2, 0.25) is 10.0 Å². The number of aromatic nitrogens is 1. The monoisotopic (exact) mass is 399 g/mol. The van der Waals surface area contributed by atoms with Gasteiger partial charge in [-0.3, -0.25) is 4.79 Å². The van der Waals surface area contributed by atoms with E-state index in [1.165, 1.54) is 16.1 Å². The molecule has 1 fully saturated rings. The van der Waals surface area contributed by atoms with Crippen LogP contribution >= 0.6 is 0 Å². The molecule has 7 nitrogen and oxygen atoms in total. The van der Waals surface area contributed by atoms with Gasteiger partial charge in [0.15, 0.2) is 5.76 Å². The molecule has 1 aliphatic heterocycles. The fourth-order valence-electron chi connectivity index (χ4n) is 3.17. The van der Waals surface area contributed by atoms with Gasteiger partial charge in [-0.1, -0.05) is 5.16 Å². The molecule has 27 heavy (non-hydrogen) atoms. The van der Waals surface area contributed by atoms with Crippen molar-refractivity contribution >= 4 is 15.9 Å². The lowest BCUT2D eigenvalue weighted by Gasteiger charge is -2.22. The van der Waals surface area contributed by atoms with Gasteiger partial charge in [0.1, 0.15) is 22.2 Å². The van der Waals surface area contributed by atoms with Crippen LogP contribution in [0.4, 0.5) is 8.78 Å². The molecule has 0 bridgehead atoms. The number of benzene rings is 1. The maximum atomic E-state index is 13.4. The molecular formula is C17H19F2N3O4S. The van der Waals surface area contributed by atoms with Crippen molar-refractivity contribution in [2.75, 3.05) is 26.2 Å². The van der Waals surface area contributed by atoms with E-state index < -0.39 is 27.6 Å². The molecule has 2 heterocycles. The highest BCUT2D eigenvalue weighted by Gasteiger charge is 2.33. The number of amides is 1. The lowest BCUT2D eigenvalue weighted by molar-refractivity contribution is 0.0763. The lowest BCUT2D eigenvalue weighted by Crippen LogP contribution is -2.37. The van der Waals surface area contributed by atoms with Crippen LogP contribution in [0.1, 0.15) is 28.2 Å². The third kappa shape index (κ3) is 3.86. The van der Waals surface area contributed by atoms with E-state index in [0.717, 1.165) is 12.1 Å². The molecule has 1 saturated heterocycles. The molecule has 1 amide bonds. The normalized spacial score (nSPS) is 16.4. The summed E-state index contributed by atoms with van der Waals surface area (Å²) in [4.78, 5) is 14.0. The van der Waals surface area contributed by atoms with E-state index in [0.29, 0.717) is 12.5 Å². The number of hydrogen-bond donors (Lipinski definition) is 0. The van der Waals surface area contributed by atoms with E-state index in [2.05, 4.69) is 5.16 Å². The van der Waals surface area contributed by atoms with Crippen molar-refractivity contribution in [2.24, 2.45) is 0 Å². The first-order chi connectivity index (χ1) is 12.7. The SMILES string of the molecule is Cc1noc(C)c1S(=O)(=O)N1CCCN(C(=O)c2cc(F)cc(F)c2)CC1. The van der Waals surface area contributed by atoms with E-state index in [4.69, 9.17) is 4.52 Å². The van der Waals surface area contributed by atoms with Crippen LogP contribution in [-0.4, -0.2) is 54.9 Å². The molecule has 0 unspecified atom stereocenters. The highest BCUT2D eigenvalue weighted by Crippen LogP contribution is 2.24. The summed E-state index contributed by atoms with van der Waals surface area (Å²) in [5, 5.41) is 3.68. The first-order valence-electron chi connectivity index (χ1n) is 8.38. The minimum Gasteiger partial charge on any atom is -0.360 e. The summed E-state index contributed by atoms with van der Waals surface area (Å²) in [6.45, 7) is 3.75. The van der Waals surface area contributed by atoms with Gasteiger partial charge in [-0.25, -0.2) is 17.2 Å². The molecule has 10 heteroatoms. The lowest BCUT2D eigenvalue weighted by atomic mass is 10.2. The standard InChI is InChI=1S/C17H19F2N3O4S/c1-11-16(12(2)26-20-11)27(24,25)22-5-3-4-21(6-7-22)17(23)13-8-14(18)10-15(19)9-13/h8-10H,3-7H2,1-2H3. The number of halogens is 2. The number of nitrogens with zero attached hydrogens (tertiary/aromatic N) is 3. The Morgan fingerprint density at radius 1 is 1.07 bits per heavy atom. The van der Waals surface area contributed by atoms with Gasteiger partial charge in [-0.05, 0) is 32.4 Å². The van der Waals surface area contributed by atoms with Gasteiger partial charge in [0.25, 0.3) is 5.91 Å². The van der Waals surface area contributed by atoms with Crippen molar-refractivity contribution in [3.63, 3.8) is 0 Å². The molecule has 0 aliphatic carbocycles. The molecule has 1 aromatic carbocycles. The first kappa shape index (κ1) is 19.4. The minimum absolute atomic E-state index is 0.0366. The van der Waals surface area contributed by atoms with Gasteiger partial charge in [0.05, 0.1) is 0 Å². The second kappa shape index (κ2) is 7.35. The molecule has 2 aromatic rings. The molecule has 3 rings (SSSR count). The van der Waals surface area contributed by atoms with Crippen LogP contribution in [0.25, 0.3) is 0 Å². The van der Waals surface area contributed by atoms with Crippen molar-refractivity contribution in [3.8, 4) is 0 Å². The van der Waals surface area contributed by atoms with Gasteiger partial charge >= 0.3 is 0 Å². The maximum absolute atomic E-state index is 13.4. The highest BCUT2D eigenvalue weighted by molar-refractivity contribution is 7.89. The Kier molecular flexibility index (Phi) is 5.29. The number of sulfonamides is 1. The molecular weight excluding hydrogens is 380 g/mol. The van der Waals surface area contributed by atoms with Crippen molar-refractivity contribution in [1.29, 1.82) is 0 Å². The molecule has 146 valence electrons. The van der Waals surface area contributed by atoms with E-state index in [9.17, 15) is 22.0 Å². The van der Waals surface area contributed by atoms with Crippen LogP contribution in [0.15, 0.2) is 27.6 Å². The Labute approximate surface area is 155 Å². The molecule has 1 aromatic heterocycles. The highest BCUT2D eigenvalue weighted by atomic mass is 32.2. The summed E-state index contributed by atoms with van der Waals surface area (Å²) >= 11 is 0. The Hall–Kier alpha value is -2.33. The number of carbonyl (C=O) groups is 1. The Morgan fingerprint density at radius 2 is 1.74 bits per heavy atom. The maximum Gasteiger partial charge on any atom is 0.254 e. The van der Waals surface area contributed by atoms with E-state index >= 15 is 0 Å². The van der Waals surface area contributed by atoms with Crippen molar-refractivity contribution in [1.82, 2.24) is 14.4 Å². The van der Waals surface area contributed by atoms with Crippen LogP contribution in [0.3, 0.4) is 0 Å². The van der Waals surface area contributed by atoms with E-state index in [1.54, 1.807) is 6.92 Å². The number of rotatable bonds is 3. The van der Waals surface area contributed by atoms with Crippen LogP contribution in [-0.2, 0) is 10.0 Å². The Morgan fingerprint density at radius 3 is 2.33 bits per heavy atom. The summed E-state index contributed by atoms with van der Waals surface area (Å²) in [6, 6.07) is 2.63. The van der Waals surface area contributed by atoms with Gasteiger partial charge < -0.3 is 9.42 Å². The summed E-state index contributed by atoms with van der Waals surface area (Å²) in [5.74, 6) is -2.00. The third-order valence-corrected chi connectivity index (χ3v) is 6.56. The third-order valence-electron chi connectivity index (χ3n) is 4.42. The topological polar surface area (TPSA) is 83.7 Å². The fraction of sp³-hybridized carbons (Fsp3) is 0.412. The predicted octanol–water partition coefficient (Wildman–Crippen LogP) is 2.11. The van der Waals surface area contributed by atoms with E-state index in [-0.39, 0.29) is 48.1 Å². The van der Waals surface area contributed by atoms with Crippen LogP contribution in [0.5, 0.6) is 0 Å². The summed E-state index contributed by atoms with van der Waals surface area (Å²) in [5.41, 5.74) is 0.175. The van der Waals surface area contributed by atoms with Gasteiger partial charge in [0, 0.05) is 37.8 Å².